The van der Waals surface area contributed by atoms with Gasteiger partial charge in [-0.3, -0.25) is 4.79 Å². The summed E-state index contributed by atoms with van der Waals surface area (Å²) in [7, 11) is 0. The van der Waals surface area contributed by atoms with E-state index in [9.17, 15) is 4.79 Å². The summed E-state index contributed by atoms with van der Waals surface area (Å²) < 4.78 is 11.3. The fourth-order valence-corrected chi connectivity index (χ4v) is 2.71. The molecule has 1 heterocycles. The van der Waals surface area contributed by atoms with Crippen LogP contribution in [0.3, 0.4) is 0 Å². The van der Waals surface area contributed by atoms with Gasteiger partial charge in [0.05, 0.1) is 12.3 Å². The number of carbonyl (C=O) groups is 1. The van der Waals surface area contributed by atoms with E-state index in [1.807, 2.05) is 67.6 Å². The van der Waals surface area contributed by atoms with Gasteiger partial charge >= 0.3 is 0 Å². The molecule has 0 aliphatic carbocycles. The number of nitrogens with zero attached hydrogens (tertiary/aromatic N) is 1. The lowest BCUT2D eigenvalue weighted by Gasteiger charge is -2.06. The van der Waals surface area contributed by atoms with Gasteiger partial charge in [-0.25, -0.2) is 4.98 Å². The Hall–Kier alpha value is -3.08. The number of hydrogen-bond donors (Lipinski definition) is 1. The summed E-state index contributed by atoms with van der Waals surface area (Å²) >= 11 is 0. The third kappa shape index (κ3) is 5.71. The number of rotatable bonds is 9. The normalized spacial score (nSPS) is 10.6. The van der Waals surface area contributed by atoms with Gasteiger partial charge in [0.25, 0.3) is 0 Å². The molecule has 0 radical (unpaired) electrons. The molecule has 0 atom stereocenters. The van der Waals surface area contributed by atoms with Crippen molar-refractivity contribution in [1.82, 2.24) is 10.3 Å². The standard InChI is InChI=1S/C22H24N2O3/c1-17-20(24-22(27-17)18-9-4-2-5-10-18)14-15-23-21(25)13-8-16-26-19-11-6-3-7-12-19/h2-7,9-12H,8,13-16H2,1H3,(H,23,25). The fourth-order valence-electron chi connectivity index (χ4n) is 2.71. The van der Waals surface area contributed by atoms with Crippen LogP contribution in [0.2, 0.25) is 0 Å². The zero-order valence-corrected chi connectivity index (χ0v) is 15.5. The maximum absolute atomic E-state index is 11.9. The average molecular weight is 364 g/mol. The number of oxazole rings is 1. The zero-order valence-electron chi connectivity index (χ0n) is 15.5. The number of aromatic nitrogens is 1. The summed E-state index contributed by atoms with van der Waals surface area (Å²) in [6, 6.07) is 19.4. The largest absolute Gasteiger partial charge is 0.494 e. The maximum atomic E-state index is 11.9. The molecule has 1 N–H and O–H groups in total. The maximum Gasteiger partial charge on any atom is 0.226 e. The van der Waals surface area contributed by atoms with Crippen LogP contribution in [0.25, 0.3) is 11.5 Å². The van der Waals surface area contributed by atoms with Crippen LogP contribution < -0.4 is 10.1 Å². The molecular formula is C22H24N2O3. The molecule has 2 aromatic carbocycles. The number of aryl methyl sites for hydroxylation is 1. The van der Waals surface area contributed by atoms with Gasteiger partial charge in [-0.15, -0.1) is 0 Å². The molecule has 140 valence electrons. The molecule has 0 saturated heterocycles. The molecule has 3 aromatic rings. The summed E-state index contributed by atoms with van der Waals surface area (Å²) in [4.78, 5) is 16.5. The number of carbonyl (C=O) groups excluding carboxylic acids is 1. The monoisotopic (exact) mass is 364 g/mol. The summed E-state index contributed by atoms with van der Waals surface area (Å²) in [5.41, 5.74) is 1.83. The molecule has 0 saturated carbocycles. The van der Waals surface area contributed by atoms with Crippen molar-refractivity contribution >= 4 is 5.91 Å². The van der Waals surface area contributed by atoms with Crippen molar-refractivity contribution < 1.29 is 13.9 Å². The lowest BCUT2D eigenvalue weighted by molar-refractivity contribution is -0.121. The van der Waals surface area contributed by atoms with E-state index in [1.54, 1.807) is 0 Å². The van der Waals surface area contributed by atoms with Gasteiger partial charge in [0, 0.05) is 24.9 Å². The van der Waals surface area contributed by atoms with Crippen molar-refractivity contribution in [3.05, 3.63) is 72.1 Å². The summed E-state index contributed by atoms with van der Waals surface area (Å²) in [5.74, 6) is 2.26. The Bertz CT molecular complexity index is 845. The Morgan fingerprint density at radius 3 is 2.52 bits per heavy atom. The summed E-state index contributed by atoms with van der Waals surface area (Å²) in [6.07, 6.45) is 1.77. The molecule has 3 rings (SSSR count). The molecule has 5 nitrogen and oxygen atoms in total. The van der Waals surface area contributed by atoms with E-state index in [0.717, 1.165) is 22.8 Å². The van der Waals surface area contributed by atoms with Crippen molar-refractivity contribution in [2.24, 2.45) is 0 Å². The predicted octanol–water partition coefficient (Wildman–Crippen LogP) is 4.17. The van der Waals surface area contributed by atoms with Gasteiger partial charge in [0.1, 0.15) is 11.5 Å². The average Bonchev–Trinajstić information content (AvgIpc) is 3.07. The highest BCUT2D eigenvalue weighted by molar-refractivity contribution is 5.75. The lowest BCUT2D eigenvalue weighted by atomic mass is 10.2. The van der Waals surface area contributed by atoms with E-state index in [4.69, 9.17) is 9.15 Å². The van der Waals surface area contributed by atoms with Crippen LogP contribution in [0.15, 0.2) is 65.1 Å². The molecule has 0 spiro atoms. The lowest BCUT2D eigenvalue weighted by Crippen LogP contribution is -2.26. The SMILES string of the molecule is Cc1oc(-c2ccccc2)nc1CCNC(=O)CCCOc1ccccc1. The predicted molar refractivity (Wildman–Crippen MR) is 105 cm³/mol. The van der Waals surface area contributed by atoms with E-state index in [2.05, 4.69) is 10.3 Å². The highest BCUT2D eigenvalue weighted by Gasteiger charge is 2.11. The molecule has 1 aromatic heterocycles. The van der Waals surface area contributed by atoms with Crippen molar-refractivity contribution in [2.45, 2.75) is 26.2 Å². The second-order valence-electron chi connectivity index (χ2n) is 6.25. The number of nitrogens with one attached hydrogen (secondary N) is 1. The molecule has 0 fully saturated rings. The van der Waals surface area contributed by atoms with Gasteiger partial charge in [-0.2, -0.15) is 0 Å². The van der Waals surface area contributed by atoms with Crippen LogP contribution in [0.4, 0.5) is 0 Å². The Kier molecular flexibility index (Phi) is 6.63. The first kappa shape index (κ1) is 18.7. The minimum Gasteiger partial charge on any atom is -0.494 e. The van der Waals surface area contributed by atoms with Crippen LogP contribution in [0.5, 0.6) is 5.75 Å². The first-order valence-corrected chi connectivity index (χ1v) is 9.18. The van der Waals surface area contributed by atoms with Crippen molar-refractivity contribution in [3.8, 4) is 17.2 Å². The topological polar surface area (TPSA) is 64.4 Å². The van der Waals surface area contributed by atoms with Gasteiger partial charge in [0.15, 0.2) is 0 Å². The second kappa shape index (κ2) is 9.57. The molecule has 27 heavy (non-hydrogen) atoms. The van der Waals surface area contributed by atoms with Crippen LogP contribution in [-0.4, -0.2) is 24.0 Å². The van der Waals surface area contributed by atoms with Crippen molar-refractivity contribution in [3.63, 3.8) is 0 Å². The third-order valence-electron chi connectivity index (χ3n) is 4.16. The Morgan fingerprint density at radius 1 is 1.07 bits per heavy atom. The van der Waals surface area contributed by atoms with Crippen LogP contribution >= 0.6 is 0 Å². The number of hydrogen-bond acceptors (Lipinski definition) is 4. The summed E-state index contributed by atoms with van der Waals surface area (Å²) in [5, 5.41) is 2.93. The highest BCUT2D eigenvalue weighted by atomic mass is 16.5. The van der Waals surface area contributed by atoms with Gasteiger partial charge in [-0.1, -0.05) is 36.4 Å². The first-order valence-electron chi connectivity index (χ1n) is 9.18. The van der Waals surface area contributed by atoms with Gasteiger partial charge in [0.2, 0.25) is 11.8 Å². The molecule has 5 heteroatoms. The van der Waals surface area contributed by atoms with Crippen molar-refractivity contribution in [2.75, 3.05) is 13.2 Å². The van der Waals surface area contributed by atoms with Crippen LogP contribution in [-0.2, 0) is 11.2 Å². The molecule has 0 unspecified atom stereocenters. The Balaban J connectivity index is 1.37. The van der Waals surface area contributed by atoms with Crippen molar-refractivity contribution in [1.29, 1.82) is 0 Å². The Labute approximate surface area is 159 Å². The van der Waals surface area contributed by atoms with Crippen LogP contribution in [0, 0.1) is 6.92 Å². The zero-order chi connectivity index (χ0) is 18.9. The first-order chi connectivity index (χ1) is 13.2. The second-order valence-corrected chi connectivity index (χ2v) is 6.25. The van der Waals surface area contributed by atoms with E-state index in [-0.39, 0.29) is 5.91 Å². The van der Waals surface area contributed by atoms with Crippen LogP contribution in [0.1, 0.15) is 24.3 Å². The number of amides is 1. The smallest absolute Gasteiger partial charge is 0.226 e. The molecule has 1 amide bonds. The molecular weight excluding hydrogens is 340 g/mol. The van der Waals surface area contributed by atoms with E-state index in [1.165, 1.54) is 0 Å². The molecule has 0 aliphatic rings. The third-order valence-corrected chi connectivity index (χ3v) is 4.16. The minimum atomic E-state index is 0.0242. The van der Waals surface area contributed by atoms with E-state index in [0.29, 0.717) is 38.3 Å². The molecule has 0 aliphatic heterocycles. The van der Waals surface area contributed by atoms with Gasteiger partial charge < -0.3 is 14.5 Å². The van der Waals surface area contributed by atoms with Gasteiger partial charge in [-0.05, 0) is 37.6 Å². The van der Waals surface area contributed by atoms with E-state index < -0.39 is 0 Å². The number of ether oxygens (including phenoxy) is 1. The fraction of sp³-hybridized carbons (Fsp3) is 0.273. The minimum absolute atomic E-state index is 0.0242. The highest BCUT2D eigenvalue weighted by Crippen LogP contribution is 2.21. The summed E-state index contributed by atoms with van der Waals surface area (Å²) in [6.45, 7) is 2.97. The Morgan fingerprint density at radius 2 is 1.78 bits per heavy atom. The van der Waals surface area contributed by atoms with E-state index >= 15 is 0 Å². The molecule has 0 bridgehead atoms. The number of para-hydroxylation sites is 1. The quantitative estimate of drug-likeness (QED) is 0.579. The number of benzene rings is 2.